The van der Waals surface area contributed by atoms with Gasteiger partial charge in [0, 0.05) is 17.8 Å². The van der Waals surface area contributed by atoms with E-state index < -0.39 is 29.6 Å². The Morgan fingerprint density at radius 2 is 1.62 bits per heavy atom. The first kappa shape index (κ1) is 29.5. The quantitative estimate of drug-likeness (QED) is 0.256. The zero-order valence-corrected chi connectivity index (χ0v) is 23.2. The van der Waals surface area contributed by atoms with E-state index in [0.717, 1.165) is 30.0 Å². The van der Waals surface area contributed by atoms with E-state index in [1.807, 2.05) is 36.4 Å². The second-order valence-corrected chi connectivity index (χ2v) is 10.5. The Bertz CT molecular complexity index is 1280. The molecule has 0 aliphatic carbocycles. The third-order valence-corrected chi connectivity index (χ3v) is 6.16. The molecule has 0 saturated carbocycles. The van der Waals surface area contributed by atoms with Crippen molar-refractivity contribution in [2.45, 2.75) is 65.0 Å². The highest BCUT2D eigenvalue weighted by Crippen LogP contribution is 2.31. The third kappa shape index (κ3) is 8.74. The molecule has 8 heteroatoms. The van der Waals surface area contributed by atoms with Crippen molar-refractivity contribution in [3.05, 3.63) is 72.3 Å². The van der Waals surface area contributed by atoms with Gasteiger partial charge in [0.05, 0.1) is 0 Å². The average molecular weight is 534 g/mol. The SMILES string of the molecule is CCCCCCN(C(=O)CNC(=O)OC(C)(C)C)C(C(=O)Nc1ccc2ccccc2c1)c1ccccc1O. The molecule has 0 fully saturated rings. The molecule has 208 valence electrons. The highest BCUT2D eigenvalue weighted by atomic mass is 16.6. The molecule has 8 nitrogen and oxygen atoms in total. The predicted molar refractivity (Wildman–Crippen MR) is 154 cm³/mol. The van der Waals surface area contributed by atoms with Gasteiger partial charge < -0.3 is 25.4 Å². The summed E-state index contributed by atoms with van der Waals surface area (Å²) in [6.07, 6.45) is 2.82. The van der Waals surface area contributed by atoms with Gasteiger partial charge in [-0.1, -0.05) is 74.7 Å². The molecule has 3 amide bonds. The molecular weight excluding hydrogens is 494 g/mol. The van der Waals surface area contributed by atoms with Gasteiger partial charge in [-0.3, -0.25) is 9.59 Å². The van der Waals surface area contributed by atoms with Gasteiger partial charge in [-0.25, -0.2) is 4.79 Å². The minimum atomic E-state index is -1.12. The van der Waals surface area contributed by atoms with Gasteiger partial charge in [-0.15, -0.1) is 0 Å². The summed E-state index contributed by atoms with van der Waals surface area (Å²) in [7, 11) is 0. The molecule has 1 unspecified atom stereocenters. The molecule has 0 aromatic heterocycles. The minimum Gasteiger partial charge on any atom is -0.508 e. The molecule has 0 aliphatic heterocycles. The first-order valence-electron chi connectivity index (χ1n) is 13.4. The fourth-order valence-electron chi connectivity index (χ4n) is 4.32. The van der Waals surface area contributed by atoms with Crippen molar-refractivity contribution < 1.29 is 24.2 Å². The number of unbranched alkanes of at least 4 members (excludes halogenated alkanes) is 3. The first-order valence-corrected chi connectivity index (χ1v) is 13.4. The molecule has 0 heterocycles. The van der Waals surface area contributed by atoms with Crippen LogP contribution in [0.2, 0.25) is 0 Å². The van der Waals surface area contributed by atoms with Crippen LogP contribution in [0.1, 0.15) is 65.0 Å². The summed E-state index contributed by atoms with van der Waals surface area (Å²) in [5.41, 5.74) is 0.159. The van der Waals surface area contributed by atoms with Gasteiger partial charge in [-0.2, -0.15) is 0 Å². The number of nitrogens with zero attached hydrogens (tertiary/aromatic N) is 1. The van der Waals surface area contributed by atoms with Crippen LogP contribution in [-0.2, 0) is 14.3 Å². The zero-order valence-electron chi connectivity index (χ0n) is 23.2. The van der Waals surface area contributed by atoms with Crippen LogP contribution in [0.5, 0.6) is 5.75 Å². The average Bonchev–Trinajstić information content (AvgIpc) is 2.88. The summed E-state index contributed by atoms with van der Waals surface area (Å²) in [4.78, 5) is 41.0. The summed E-state index contributed by atoms with van der Waals surface area (Å²) >= 11 is 0. The number of aromatic hydroxyl groups is 1. The summed E-state index contributed by atoms with van der Waals surface area (Å²) in [5, 5.41) is 18.2. The van der Waals surface area contributed by atoms with Gasteiger partial charge >= 0.3 is 6.09 Å². The smallest absolute Gasteiger partial charge is 0.408 e. The van der Waals surface area contributed by atoms with Crippen LogP contribution < -0.4 is 10.6 Å². The molecule has 3 aromatic carbocycles. The number of phenols is 1. The van der Waals surface area contributed by atoms with E-state index in [1.54, 1.807) is 45.0 Å². The van der Waals surface area contributed by atoms with Crippen molar-refractivity contribution in [3.63, 3.8) is 0 Å². The summed E-state index contributed by atoms with van der Waals surface area (Å²) in [6, 6.07) is 18.8. The molecular formula is C31H39N3O5. The van der Waals surface area contributed by atoms with E-state index in [4.69, 9.17) is 4.74 Å². The molecule has 1 atom stereocenters. The van der Waals surface area contributed by atoms with Gasteiger partial charge in [0.25, 0.3) is 5.91 Å². The van der Waals surface area contributed by atoms with Crippen LogP contribution in [0, 0.1) is 0 Å². The number of fused-ring (bicyclic) bond motifs is 1. The van der Waals surface area contributed by atoms with E-state index in [1.165, 1.54) is 11.0 Å². The zero-order chi connectivity index (χ0) is 28.4. The number of ether oxygens (including phenoxy) is 1. The van der Waals surface area contributed by atoms with Gasteiger partial charge in [0.1, 0.15) is 23.9 Å². The number of hydrogen-bond donors (Lipinski definition) is 3. The number of alkyl carbamates (subject to hydrolysis) is 1. The number of anilines is 1. The molecule has 0 aliphatic rings. The van der Waals surface area contributed by atoms with Crippen LogP contribution >= 0.6 is 0 Å². The number of amides is 3. The Morgan fingerprint density at radius 1 is 0.923 bits per heavy atom. The topological polar surface area (TPSA) is 108 Å². The van der Waals surface area contributed by atoms with Crippen molar-refractivity contribution in [1.29, 1.82) is 0 Å². The van der Waals surface area contributed by atoms with Crippen molar-refractivity contribution in [3.8, 4) is 5.75 Å². The number of phenolic OH excluding ortho intramolecular Hbond substituents is 1. The highest BCUT2D eigenvalue weighted by molar-refractivity contribution is 6.00. The number of carbonyl (C=O) groups excluding carboxylic acids is 3. The standard InChI is InChI=1S/C31H39N3O5/c1-5-6-7-12-19-34(27(36)21-32-30(38)39-31(2,3)4)28(25-15-10-11-16-26(25)35)29(37)33-24-18-17-22-13-8-9-14-23(22)20-24/h8-11,13-18,20,28,35H,5-7,12,19,21H2,1-4H3,(H,32,38)(H,33,37). The number of carbonyl (C=O) groups is 3. The van der Waals surface area contributed by atoms with Crippen LogP contribution in [0.4, 0.5) is 10.5 Å². The molecule has 0 bridgehead atoms. The molecule has 39 heavy (non-hydrogen) atoms. The Hall–Kier alpha value is -4.07. The largest absolute Gasteiger partial charge is 0.508 e. The first-order chi connectivity index (χ1) is 18.6. The van der Waals surface area contributed by atoms with Gasteiger partial charge in [-0.05, 0) is 56.2 Å². The molecule has 3 rings (SSSR count). The Balaban J connectivity index is 1.91. The maximum Gasteiger partial charge on any atom is 0.408 e. The molecule has 0 spiro atoms. The Morgan fingerprint density at radius 3 is 2.31 bits per heavy atom. The van der Waals surface area contributed by atoms with Crippen molar-refractivity contribution in [1.82, 2.24) is 10.2 Å². The summed E-state index contributed by atoms with van der Waals surface area (Å²) < 4.78 is 5.27. The maximum absolute atomic E-state index is 13.8. The summed E-state index contributed by atoms with van der Waals surface area (Å²) in [5.74, 6) is -1.02. The van der Waals surface area contributed by atoms with Crippen LogP contribution in [-0.4, -0.2) is 46.6 Å². The van der Waals surface area contributed by atoms with Gasteiger partial charge in [0.15, 0.2) is 0 Å². The molecule has 3 aromatic rings. The number of para-hydroxylation sites is 1. The van der Waals surface area contributed by atoms with E-state index in [-0.39, 0.29) is 18.8 Å². The number of benzene rings is 3. The van der Waals surface area contributed by atoms with Crippen LogP contribution in [0.15, 0.2) is 66.7 Å². The molecule has 0 radical (unpaired) electrons. The summed E-state index contributed by atoms with van der Waals surface area (Å²) in [6.45, 7) is 7.23. The lowest BCUT2D eigenvalue weighted by molar-refractivity contribution is -0.138. The monoisotopic (exact) mass is 533 g/mol. The maximum atomic E-state index is 13.8. The number of rotatable bonds is 11. The molecule has 3 N–H and O–H groups in total. The van der Waals surface area contributed by atoms with Crippen LogP contribution in [0.3, 0.4) is 0 Å². The predicted octanol–water partition coefficient (Wildman–Crippen LogP) is 6.16. The van der Waals surface area contributed by atoms with E-state index in [2.05, 4.69) is 17.6 Å². The van der Waals surface area contributed by atoms with E-state index in [0.29, 0.717) is 17.7 Å². The highest BCUT2D eigenvalue weighted by Gasteiger charge is 2.33. The van der Waals surface area contributed by atoms with Crippen molar-refractivity contribution >= 4 is 34.4 Å². The van der Waals surface area contributed by atoms with Crippen molar-refractivity contribution in [2.24, 2.45) is 0 Å². The fourth-order valence-corrected chi connectivity index (χ4v) is 4.32. The normalized spacial score (nSPS) is 12.0. The second-order valence-electron chi connectivity index (χ2n) is 10.5. The van der Waals surface area contributed by atoms with Crippen LogP contribution in [0.25, 0.3) is 10.8 Å². The Labute approximate surface area is 230 Å². The lowest BCUT2D eigenvalue weighted by Crippen LogP contribution is -2.47. The Kier molecular flexibility index (Phi) is 10.3. The van der Waals surface area contributed by atoms with Gasteiger partial charge in [0.2, 0.25) is 5.91 Å². The lowest BCUT2D eigenvalue weighted by atomic mass is 10.0. The number of hydrogen-bond acceptors (Lipinski definition) is 5. The minimum absolute atomic E-state index is 0.0948. The lowest BCUT2D eigenvalue weighted by Gasteiger charge is -2.32. The van der Waals surface area contributed by atoms with E-state index >= 15 is 0 Å². The number of nitrogens with one attached hydrogen (secondary N) is 2. The van der Waals surface area contributed by atoms with E-state index in [9.17, 15) is 19.5 Å². The fraction of sp³-hybridized carbons (Fsp3) is 0.387. The van der Waals surface area contributed by atoms with Crippen molar-refractivity contribution in [2.75, 3.05) is 18.4 Å². The molecule has 0 saturated heterocycles. The third-order valence-electron chi connectivity index (χ3n) is 6.16. The second kappa shape index (κ2) is 13.6.